The van der Waals surface area contributed by atoms with Gasteiger partial charge in [0.1, 0.15) is 0 Å². The van der Waals surface area contributed by atoms with Gasteiger partial charge in [-0.25, -0.2) is 0 Å². The van der Waals surface area contributed by atoms with Gasteiger partial charge < -0.3 is 11.1 Å². The Kier molecular flexibility index (Phi) is 4.76. The van der Waals surface area contributed by atoms with E-state index in [2.05, 4.69) is 24.1 Å². The number of carbonyl (C=O) groups excluding carboxylic acids is 1. The smallest absolute Gasteiger partial charge is 0.253 e. The van der Waals surface area contributed by atoms with Crippen LogP contribution in [-0.2, 0) is 0 Å². The van der Waals surface area contributed by atoms with Crippen molar-refractivity contribution in [3.63, 3.8) is 0 Å². The first-order valence-corrected chi connectivity index (χ1v) is 5.66. The fraction of sp³-hybridized carbons (Fsp3) is 0.500. The van der Waals surface area contributed by atoms with Crippen LogP contribution in [0.4, 0.5) is 5.69 Å². The number of pyridine rings is 1. The summed E-state index contributed by atoms with van der Waals surface area (Å²) in [5, 5.41) is 2.90. The molecule has 0 unspecified atom stereocenters. The van der Waals surface area contributed by atoms with Gasteiger partial charge in [-0.3, -0.25) is 9.78 Å². The van der Waals surface area contributed by atoms with Crippen molar-refractivity contribution in [1.82, 2.24) is 10.3 Å². The van der Waals surface area contributed by atoms with Gasteiger partial charge in [-0.1, -0.05) is 26.7 Å². The van der Waals surface area contributed by atoms with Crippen molar-refractivity contribution in [1.29, 1.82) is 0 Å². The molecule has 1 heterocycles. The lowest BCUT2D eigenvalue weighted by atomic mass is 10.0. The van der Waals surface area contributed by atoms with Crippen molar-refractivity contribution in [2.24, 2.45) is 5.92 Å². The number of nitrogens with zero attached hydrogens (tertiary/aromatic N) is 1. The summed E-state index contributed by atoms with van der Waals surface area (Å²) in [6.07, 6.45) is 5.21. The van der Waals surface area contributed by atoms with E-state index in [0.29, 0.717) is 23.7 Å². The molecule has 1 aromatic rings. The molecule has 4 nitrogen and oxygen atoms in total. The van der Waals surface area contributed by atoms with Crippen LogP contribution in [0, 0.1) is 5.92 Å². The third-order valence-electron chi connectivity index (χ3n) is 2.80. The zero-order chi connectivity index (χ0) is 12.0. The summed E-state index contributed by atoms with van der Waals surface area (Å²) < 4.78 is 0. The highest BCUT2D eigenvalue weighted by Gasteiger charge is 2.10. The predicted octanol–water partition coefficient (Wildman–Crippen LogP) is 1.83. The van der Waals surface area contributed by atoms with Gasteiger partial charge in [0.25, 0.3) is 5.91 Å². The van der Waals surface area contributed by atoms with Gasteiger partial charge >= 0.3 is 0 Å². The predicted molar refractivity (Wildman–Crippen MR) is 65.1 cm³/mol. The maximum Gasteiger partial charge on any atom is 0.253 e. The third-order valence-corrected chi connectivity index (χ3v) is 2.80. The summed E-state index contributed by atoms with van der Waals surface area (Å²) in [7, 11) is 0. The molecule has 0 spiro atoms. The molecule has 0 aliphatic heterocycles. The summed E-state index contributed by atoms with van der Waals surface area (Å²) in [4.78, 5) is 15.6. The molecule has 0 saturated heterocycles. The Hall–Kier alpha value is -1.58. The topological polar surface area (TPSA) is 68.0 Å². The van der Waals surface area contributed by atoms with E-state index in [9.17, 15) is 4.79 Å². The number of hydrogen-bond donors (Lipinski definition) is 2. The van der Waals surface area contributed by atoms with E-state index in [-0.39, 0.29) is 5.91 Å². The molecule has 0 saturated carbocycles. The van der Waals surface area contributed by atoms with E-state index in [1.807, 2.05) is 0 Å². The van der Waals surface area contributed by atoms with Crippen LogP contribution in [0.15, 0.2) is 18.5 Å². The number of nitrogen functional groups attached to an aromatic ring is 1. The van der Waals surface area contributed by atoms with Crippen LogP contribution in [0.1, 0.15) is 37.0 Å². The third kappa shape index (κ3) is 3.22. The molecule has 0 aromatic carbocycles. The molecule has 0 fully saturated rings. The van der Waals surface area contributed by atoms with Gasteiger partial charge in [-0.2, -0.15) is 0 Å². The Labute approximate surface area is 96.3 Å². The van der Waals surface area contributed by atoms with Crippen LogP contribution in [0.5, 0.6) is 0 Å². The highest BCUT2D eigenvalue weighted by Crippen LogP contribution is 2.09. The Morgan fingerprint density at radius 2 is 2.19 bits per heavy atom. The van der Waals surface area contributed by atoms with Crippen LogP contribution in [0.2, 0.25) is 0 Å². The lowest BCUT2D eigenvalue weighted by Gasteiger charge is -2.13. The molecule has 0 bridgehead atoms. The first kappa shape index (κ1) is 12.5. The first-order chi connectivity index (χ1) is 7.69. The number of anilines is 1. The van der Waals surface area contributed by atoms with Crippen molar-refractivity contribution < 1.29 is 4.79 Å². The number of amides is 1. The van der Waals surface area contributed by atoms with E-state index in [4.69, 9.17) is 5.73 Å². The monoisotopic (exact) mass is 221 g/mol. The van der Waals surface area contributed by atoms with Gasteiger partial charge in [0.2, 0.25) is 0 Å². The molecule has 88 valence electrons. The van der Waals surface area contributed by atoms with E-state index < -0.39 is 0 Å². The SMILES string of the molecule is CCC(CC)CNC(=O)c1ccncc1N. The van der Waals surface area contributed by atoms with Crippen LogP contribution in [0.3, 0.4) is 0 Å². The number of carbonyl (C=O) groups is 1. The standard InChI is InChI=1S/C12H19N3O/c1-3-9(4-2)7-15-12(16)10-5-6-14-8-11(10)13/h5-6,8-9H,3-4,7,13H2,1-2H3,(H,15,16). The molecule has 0 radical (unpaired) electrons. The molecule has 4 heteroatoms. The van der Waals surface area contributed by atoms with Gasteiger partial charge in [-0.05, 0) is 12.0 Å². The Balaban J connectivity index is 2.56. The van der Waals surface area contributed by atoms with Gasteiger partial charge in [-0.15, -0.1) is 0 Å². The van der Waals surface area contributed by atoms with Crippen LogP contribution in [-0.4, -0.2) is 17.4 Å². The molecule has 1 amide bonds. The van der Waals surface area contributed by atoms with Crippen molar-refractivity contribution in [2.45, 2.75) is 26.7 Å². The fourth-order valence-electron chi connectivity index (χ4n) is 1.52. The summed E-state index contributed by atoms with van der Waals surface area (Å²) in [6.45, 7) is 4.95. The highest BCUT2D eigenvalue weighted by atomic mass is 16.1. The second kappa shape index (κ2) is 6.10. The largest absolute Gasteiger partial charge is 0.397 e. The fourth-order valence-corrected chi connectivity index (χ4v) is 1.52. The Bertz CT molecular complexity index is 348. The number of aromatic nitrogens is 1. The van der Waals surface area contributed by atoms with Gasteiger partial charge in [0, 0.05) is 12.7 Å². The molecule has 0 aliphatic carbocycles. The molecule has 16 heavy (non-hydrogen) atoms. The van der Waals surface area contributed by atoms with Crippen molar-refractivity contribution in [2.75, 3.05) is 12.3 Å². The minimum atomic E-state index is -0.119. The van der Waals surface area contributed by atoms with E-state index in [1.54, 1.807) is 12.3 Å². The molecule has 1 aromatic heterocycles. The molecule has 0 aliphatic rings. The van der Waals surface area contributed by atoms with E-state index in [1.165, 1.54) is 6.20 Å². The summed E-state index contributed by atoms with van der Waals surface area (Å²) in [6, 6.07) is 1.64. The summed E-state index contributed by atoms with van der Waals surface area (Å²) in [5.41, 5.74) is 6.59. The second-order valence-electron chi connectivity index (χ2n) is 3.86. The molecule has 0 atom stereocenters. The minimum absolute atomic E-state index is 0.119. The van der Waals surface area contributed by atoms with Crippen molar-refractivity contribution in [3.05, 3.63) is 24.0 Å². The minimum Gasteiger partial charge on any atom is -0.397 e. The first-order valence-electron chi connectivity index (χ1n) is 5.66. The normalized spacial score (nSPS) is 10.4. The summed E-state index contributed by atoms with van der Waals surface area (Å²) >= 11 is 0. The number of hydrogen-bond acceptors (Lipinski definition) is 3. The van der Waals surface area contributed by atoms with Gasteiger partial charge in [0.15, 0.2) is 0 Å². The molecule has 1 rings (SSSR count). The lowest BCUT2D eigenvalue weighted by molar-refractivity contribution is 0.0947. The maximum absolute atomic E-state index is 11.8. The van der Waals surface area contributed by atoms with E-state index in [0.717, 1.165) is 12.8 Å². The average Bonchev–Trinajstić information content (AvgIpc) is 2.30. The molecule has 3 N–H and O–H groups in total. The lowest BCUT2D eigenvalue weighted by Crippen LogP contribution is -2.29. The van der Waals surface area contributed by atoms with Crippen molar-refractivity contribution >= 4 is 11.6 Å². The number of nitrogens with one attached hydrogen (secondary N) is 1. The average molecular weight is 221 g/mol. The highest BCUT2D eigenvalue weighted by molar-refractivity contribution is 5.98. The second-order valence-corrected chi connectivity index (χ2v) is 3.86. The summed E-state index contributed by atoms with van der Waals surface area (Å²) in [5.74, 6) is 0.416. The zero-order valence-corrected chi connectivity index (χ0v) is 9.86. The Morgan fingerprint density at radius 1 is 1.50 bits per heavy atom. The molecular weight excluding hydrogens is 202 g/mol. The number of nitrogens with two attached hydrogens (primary N) is 1. The van der Waals surface area contributed by atoms with Gasteiger partial charge in [0.05, 0.1) is 17.4 Å². The van der Waals surface area contributed by atoms with Crippen molar-refractivity contribution in [3.8, 4) is 0 Å². The number of rotatable bonds is 5. The Morgan fingerprint density at radius 3 is 2.75 bits per heavy atom. The van der Waals surface area contributed by atoms with Crippen LogP contribution < -0.4 is 11.1 Å². The molecular formula is C12H19N3O. The van der Waals surface area contributed by atoms with E-state index >= 15 is 0 Å². The maximum atomic E-state index is 11.8. The van der Waals surface area contributed by atoms with Crippen LogP contribution in [0.25, 0.3) is 0 Å². The van der Waals surface area contributed by atoms with Crippen LogP contribution >= 0.6 is 0 Å². The quantitative estimate of drug-likeness (QED) is 0.797. The zero-order valence-electron chi connectivity index (χ0n) is 9.86.